The fourth-order valence-corrected chi connectivity index (χ4v) is 2.04. The Bertz CT molecular complexity index is 755. The number of hydrogen-bond donors (Lipinski definition) is 2. The number of benzene rings is 1. The number of nitrogens with two attached hydrogens (primary N) is 1. The molecule has 1 aromatic heterocycles. The van der Waals surface area contributed by atoms with E-state index in [-0.39, 0.29) is 18.1 Å². The van der Waals surface area contributed by atoms with E-state index in [1.54, 1.807) is 13.3 Å². The number of carbonyl (C=O) groups excluding carboxylic acids is 1. The first-order valence-corrected chi connectivity index (χ1v) is 7.40. The Hall–Kier alpha value is -2.94. The highest BCUT2D eigenvalue weighted by atomic mass is 32.1. The summed E-state index contributed by atoms with van der Waals surface area (Å²) in [5.74, 6) is -0.414. The Morgan fingerprint density at radius 2 is 2.21 bits per heavy atom. The first kappa shape index (κ1) is 17.4. The molecule has 2 rings (SSSR count). The molecule has 0 atom stereocenters. The highest BCUT2D eigenvalue weighted by molar-refractivity contribution is 7.80. The quantitative estimate of drug-likeness (QED) is 0.407. The average molecular weight is 346 g/mol. The molecule has 0 radical (unpaired) electrons. The molecule has 24 heavy (non-hydrogen) atoms. The molecule has 0 aliphatic heterocycles. The van der Waals surface area contributed by atoms with Crippen LogP contribution in [0.2, 0.25) is 0 Å². The van der Waals surface area contributed by atoms with Gasteiger partial charge in [-0.3, -0.25) is 10.1 Å². The Kier molecular flexibility index (Phi) is 5.85. The summed E-state index contributed by atoms with van der Waals surface area (Å²) < 4.78 is 6.66. The van der Waals surface area contributed by atoms with Gasteiger partial charge in [-0.25, -0.2) is 0 Å². The van der Waals surface area contributed by atoms with Crippen molar-refractivity contribution in [2.45, 2.75) is 13.0 Å². The minimum absolute atomic E-state index is 0.0431. The lowest BCUT2D eigenvalue weighted by Gasteiger charge is -2.03. The zero-order valence-electron chi connectivity index (χ0n) is 12.9. The van der Waals surface area contributed by atoms with Crippen molar-refractivity contribution in [3.63, 3.8) is 0 Å². The zero-order chi connectivity index (χ0) is 17.5. The van der Waals surface area contributed by atoms with Crippen LogP contribution >= 0.6 is 12.2 Å². The van der Waals surface area contributed by atoms with Crippen LogP contribution in [-0.4, -0.2) is 34.2 Å². The third-order valence-corrected chi connectivity index (χ3v) is 3.17. The Balaban J connectivity index is 2.32. The number of carboxylic acid groups (broad SMARTS) is 1. The molecule has 1 aromatic carbocycles. The van der Waals surface area contributed by atoms with E-state index in [4.69, 9.17) is 10.5 Å². The first-order chi connectivity index (χ1) is 11.5. The maximum atomic E-state index is 10.6. The number of aromatic nitrogens is 2. The van der Waals surface area contributed by atoms with Crippen molar-refractivity contribution in [3.05, 3.63) is 36.0 Å². The summed E-state index contributed by atoms with van der Waals surface area (Å²) in [6.45, 7) is 0.196. The van der Waals surface area contributed by atoms with Gasteiger partial charge < -0.3 is 20.4 Å². The van der Waals surface area contributed by atoms with Gasteiger partial charge in [0.2, 0.25) is 0 Å². The lowest BCUT2D eigenvalue weighted by molar-refractivity contribution is -0.306. The second kappa shape index (κ2) is 8.06. The van der Waals surface area contributed by atoms with Crippen LogP contribution in [0.1, 0.15) is 12.0 Å². The van der Waals surface area contributed by atoms with Crippen molar-refractivity contribution in [1.82, 2.24) is 15.2 Å². The SMILES string of the molecule is COc1ccc(-c2nn(CCC(=O)[O-])cc2/C=N\NC(N)=S)cc1. The number of rotatable bonds is 7. The first-order valence-electron chi connectivity index (χ1n) is 7.00. The molecule has 3 N–H and O–H groups in total. The van der Waals surface area contributed by atoms with Crippen molar-refractivity contribution < 1.29 is 14.6 Å². The summed E-state index contributed by atoms with van der Waals surface area (Å²) in [6, 6.07) is 7.32. The number of carboxylic acids is 1. The number of ether oxygens (including phenoxy) is 1. The normalized spacial score (nSPS) is 10.7. The molecule has 0 saturated carbocycles. The smallest absolute Gasteiger partial charge is 0.184 e. The van der Waals surface area contributed by atoms with E-state index in [2.05, 4.69) is 27.8 Å². The van der Waals surface area contributed by atoms with Crippen molar-refractivity contribution in [2.75, 3.05) is 7.11 Å². The van der Waals surface area contributed by atoms with Gasteiger partial charge in [-0.05, 0) is 36.5 Å². The predicted octanol–water partition coefficient (Wildman–Crippen LogP) is -0.134. The van der Waals surface area contributed by atoms with Gasteiger partial charge in [0, 0.05) is 36.3 Å². The van der Waals surface area contributed by atoms with E-state index in [0.717, 1.165) is 11.3 Å². The number of hydrazone groups is 1. The summed E-state index contributed by atoms with van der Waals surface area (Å²) in [5, 5.41) is 19.0. The molecule has 0 aliphatic rings. The summed E-state index contributed by atoms with van der Waals surface area (Å²) in [4.78, 5) is 10.6. The Morgan fingerprint density at radius 1 is 1.50 bits per heavy atom. The van der Waals surface area contributed by atoms with Crippen molar-refractivity contribution >= 4 is 29.5 Å². The molecule has 8 nitrogen and oxygen atoms in total. The summed E-state index contributed by atoms with van der Waals surface area (Å²) in [5.41, 5.74) is 9.95. The summed E-state index contributed by atoms with van der Waals surface area (Å²) >= 11 is 4.69. The molecule has 1 heterocycles. The van der Waals surface area contributed by atoms with E-state index < -0.39 is 5.97 Å². The fraction of sp³-hybridized carbons (Fsp3) is 0.200. The van der Waals surface area contributed by atoms with Crippen LogP contribution in [0.3, 0.4) is 0 Å². The number of nitrogens with zero attached hydrogens (tertiary/aromatic N) is 3. The van der Waals surface area contributed by atoms with Gasteiger partial charge in [0.05, 0.1) is 13.3 Å². The molecule has 2 aromatic rings. The third-order valence-electron chi connectivity index (χ3n) is 3.08. The van der Waals surface area contributed by atoms with Crippen LogP contribution < -0.4 is 21.0 Å². The standard InChI is InChI=1S/C15H17N5O3S/c1-23-12-4-2-10(3-5-12)14-11(8-17-18-15(16)24)9-20(19-14)7-6-13(21)22/h2-5,8-9H,6-7H2,1H3,(H,21,22)(H3,16,18,24)/p-1/b17-8-. The zero-order valence-corrected chi connectivity index (χ0v) is 13.7. The van der Waals surface area contributed by atoms with E-state index in [1.165, 1.54) is 10.9 Å². The molecule has 0 unspecified atom stereocenters. The lowest BCUT2D eigenvalue weighted by atomic mass is 10.1. The molecule has 0 amide bonds. The number of carbonyl (C=O) groups is 1. The van der Waals surface area contributed by atoms with Crippen molar-refractivity contribution in [1.29, 1.82) is 0 Å². The predicted molar refractivity (Wildman–Crippen MR) is 91.4 cm³/mol. The largest absolute Gasteiger partial charge is 0.550 e. The highest BCUT2D eigenvalue weighted by Gasteiger charge is 2.10. The van der Waals surface area contributed by atoms with Gasteiger partial charge in [0.25, 0.3) is 0 Å². The average Bonchev–Trinajstić information content (AvgIpc) is 2.96. The third kappa shape index (κ3) is 4.78. The Morgan fingerprint density at radius 3 is 2.79 bits per heavy atom. The van der Waals surface area contributed by atoms with E-state index in [0.29, 0.717) is 11.3 Å². The highest BCUT2D eigenvalue weighted by Crippen LogP contribution is 2.23. The molecule has 0 fully saturated rings. The minimum atomic E-state index is -1.14. The number of nitrogens with one attached hydrogen (secondary N) is 1. The maximum absolute atomic E-state index is 10.6. The molecule has 0 spiro atoms. The molecular weight excluding hydrogens is 330 g/mol. The van der Waals surface area contributed by atoms with Gasteiger partial charge in [-0.15, -0.1) is 0 Å². The van der Waals surface area contributed by atoms with E-state index in [1.807, 2.05) is 24.3 Å². The monoisotopic (exact) mass is 346 g/mol. The number of aliphatic carboxylic acids is 1. The maximum Gasteiger partial charge on any atom is 0.184 e. The van der Waals surface area contributed by atoms with E-state index >= 15 is 0 Å². The molecule has 0 aliphatic carbocycles. The second-order valence-electron chi connectivity index (χ2n) is 4.78. The Labute approximate surface area is 143 Å². The molecule has 9 heteroatoms. The number of hydrogen-bond acceptors (Lipinski definition) is 6. The van der Waals surface area contributed by atoms with E-state index in [9.17, 15) is 9.90 Å². The van der Waals surface area contributed by atoms with Crippen LogP contribution in [-0.2, 0) is 11.3 Å². The minimum Gasteiger partial charge on any atom is -0.550 e. The topological polar surface area (TPSA) is 118 Å². The molecule has 0 saturated heterocycles. The molecule has 0 bridgehead atoms. The molecular formula is C15H16N5O3S-. The molecule has 126 valence electrons. The number of thiocarbonyl (C=S) groups is 1. The second-order valence-corrected chi connectivity index (χ2v) is 5.22. The van der Waals surface area contributed by atoms with Crippen LogP contribution in [0.5, 0.6) is 5.75 Å². The van der Waals surface area contributed by atoms with Crippen LogP contribution in [0.25, 0.3) is 11.3 Å². The van der Waals surface area contributed by atoms with Crippen molar-refractivity contribution in [3.8, 4) is 17.0 Å². The van der Waals surface area contributed by atoms with Gasteiger partial charge in [-0.1, -0.05) is 0 Å². The van der Waals surface area contributed by atoms with Crippen molar-refractivity contribution in [2.24, 2.45) is 10.8 Å². The van der Waals surface area contributed by atoms with Crippen LogP contribution in [0, 0.1) is 0 Å². The summed E-state index contributed by atoms with van der Waals surface area (Å²) in [6.07, 6.45) is 3.07. The van der Waals surface area contributed by atoms with Crippen LogP contribution in [0.4, 0.5) is 0 Å². The van der Waals surface area contributed by atoms with Gasteiger partial charge in [0.15, 0.2) is 5.11 Å². The van der Waals surface area contributed by atoms with Crippen LogP contribution in [0.15, 0.2) is 35.6 Å². The lowest BCUT2D eigenvalue weighted by Crippen LogP contribution is -2.24. The number of aryl methyl sites for hydroxylation is 1. The van der Waals surface area contributed by atoms with Gasteiger partial charge in [-0.2, -0.15) is 10.2 Å². The summed E-state index contributed by atoms with van der Waals surface area (Å²) in [7, 11) is 1.59. The van der Waals surface area contributed by atoms with Gasteiger partial charge in [0.1, 0.15) is 11.4 Å². The fourth-order valence-electron chi connectivity index (χ4n) is 1.99. The number of methoxy groups -OCH3 is 1. The van der Waals surface area contributed by atoms with Gasteiger partial charge >= 0.3 is 0 Å².